The molecule has 1 N–H and O–H groups in total. The summed E-state index contributed by atoms with van der Waals surface area (Å²) < 4.78 is 0. The van der Waals surface area contributed by atoms with Gasteiger partial charge in [-0.3, -0.25) is 0 Å². The zero-order valence-electron chi connectivity index (χ0n) is 10.0. The lowest BCUT2D eigenvalue weighted by Gasteiger charge is -2.34. The third-order valence-electron chi connectivity index (χ3n) is 4.85. The van der Waals surface area contributed by atoms with Gasteiger partial charge in [-0.15, -0.1) is 0 Å². The average molecular weight is 222 g/mol. The minimum atomic E-state index is 0.359. The molecular weight excluding hydrogens is 204 g/mol. The molecule has 0 aromatic carbocycles. The van der Waals surface area contributed by atoms with Crippen LogP contribution in [0.4, 0.5) is 0 Å². The number of isocyanates is 2. The van der Waals surface area contributed by atoms with Crippen LogP contribution in [0.2, 0.25) is 0 Å². The quantitative estimate of drug-likeness (QED) is 0.575. The highest BCUT2D eigenvalue weighted by atomic mass is 16.1. The van der Waals surface area contributed by atoms with E-state index in [4.69, 9.17) is 10.2 Å². The van der Waals surface area contributed by atoms with Gasteiger partial charge in [-0.25, -0.2) is 20.0 Å². The van der Waals surface area contributed by atoms with E-state index >= 15 is 0 Å². The van der Waals surface area contributed by atoms with E-state index in [1.165, 1.54) is 12.8 Å². The van der Waals surface area contributed by atoms with E-state index in [9.17, 15) is 4.79 Å². The van der Waals surface area contributed by atoms with Crippen LogP contribution in [-0.2, 0) is 9.59 Å². The summed E-state index contributed by atoms with van der Waals surface area (Å²) in [6.07, 6.45) is 5.03. The summed E-state index contributed by atoms with van der Waals surface area (Å²) in [7, 11) is 0. The van der Waals surface area contributed by atoms with Crippen LogP contribution in [0.1, 0.15) is 33.6 Å². The minimum Gasteiger partial charge on any atom is -0.222 e. The first-order valence-electron chi connectivity index (χ1n) is 5.51. The van der Waals surface area contributed by atoms with Gasteiger partial charge in [0.15, 0.2) is 0 Å². The predicted octanol–water partition coefficient (Wildman–Crippen LogP) is 2.30. The molecule has 0 aromatic rings. The zero-order valence-corrected chi connectivity index (χ0v) is 10.0. The number of nitrogens with one attached hydrogen (secondary N) is 1. The van der Waals surface area contributed by atoms with Crippen molar-refractivity contribution in [3.8, 4) is 0 Å². The third-order valence-corrected chi connectivity index (χ3v) is 4.85. The fraction of sp³-hybridized carbons (Fsp3) is 0.833. The van der Waals surface area contributed by atoms with Crippen LogP contribution >= 0.6 is 0 Å². The summed E-state index contributed by atoms with van der Waals surface area (Å²) in [5, 5.41) is 5.40. The first kappa shape index (κ1) is 12.8. The number of fused-ring (bicyclic) bond motifs is 1. The maximum absolute atomic E-state index is 10.1. The number of hydrogen-bond donors (Lipinski definition) is 1. The van der Waals surface area contributed by atoms with Crippen molar-refractivity contribution in [2.75, 3.05) is 6.54 Å². The van der Waals surface area contributed by atoms with Crippen LogP contribution in [0, 0.1) is 28.1 Å². The van der Waals surface area contributed by atoms with Gasteiger partial charge in [-0.2, -0.15) is 0 Å². The number of hydrogen-bond acceptors (Lipinski definition) is 4. The molecule has 0 heterocycles. The van der Waals surface area contributed by atoms with Crippen molar-refractivity contribution < 1.29 is 9.59 Å². The topological polar surface area (TPSA) is 70.3 Å². The summed E-state index contributed by atoms with van der Waals surface area (Å²) in [4.78, 5) is 22.1. The molecule has 0 bridgehead atoms. The second-order valence-electron chi connectivity index (χ2n) is 5.51. The molecule has 0 aliphatic heterocycles. The summed E-state index contributed by atoms with van der Waals surface area (Å²) in [6, 6.07) is 0. The molecule has 0 spiro atoms. The molecular formula is C12H18N2O2. The van der Waals surface area contributed by atoms with Crippen molar-refractivity contribution in [3.63, 3.8) is 0 Å². The molecule has 3 unspecified atom stereocenters. The summed E-state index contributed by atoms with van der Waals surface area (Å²) in [5.41, 5.74) is 0.897. The molecule has 88 valence electrons. The molecule has 0 aromatic heterocycles. The van der Waals surface area contributed by atoms with E-state index in [-0.39, 0.29) is 0 Å². The SMILES string of the molecule is CC1(C)C(CN=C=O)CC2CC21C.N=C=O. The molecule has 2 fully saturated rings. The lowest BCUT2D eigenvalue weighted by molar-refractivity contribution is 0.154. The highest BCUT2D eigenvalue weighted by Gasteiger charge is 2.66. The highest BCUT2D eigenvalue weighted by molar-refractivity contribution is 5.33. The fourth-order valence-corrected chi connectivity index (χ4v) is 3.14. The first-order valence-corrected chi connectivity index (χ1v) is 5.51. The normalized spacial score (nSPS) is 37.2. The van der Waals surface area contributed by atoms with Gasteiger partial charge in [-0.05, 0) is 35.5 Å². The van der Waals surface area contributed by atoms with Crippen LogP contribution < -0.4 is 0 Å². The van der Waals surface area contributed by atoms with Gasteiger partial charge < -0.3 is 0 Å². The largest absolute Gasteiger partial charge is 0.234 e. The summed E-state index contributed by atoms with van der Waals surface area (Å²) in [5.74, 6) is 1.49. The maximum Gasteiger partial charge on any atom is 0.234 e. The molecule has 2 aliphatic rings. The molecule has 0 saturated heterocycles. The maximum atomic E-state index is 10.1. The van der Waals surface area contributed by atoms with E-state index in [2.05, 4.69) is 25.8 Å². The molecule has 2 saturated carbocycles. The van der Waals surface area contributed by atoms with E-state index in [0.717, 1.165) is 12.0 Å². The van der Waals surface area contributed by atoms with E-state index in [0.29, 0.717) is 23.3 Å². The van der Waals surface area contributed by atoms with Crippen molar-refractivity contribution in [1.82, 2.24) is 0 Å². The average Bonchev–Trinajstić information content (AvgIpc) is 2.82. The second kappa shape index (κ2) is 4.32. The molecule has 0 amide bonds. The Morgan fingerprint density at radius 2 is 1.94 bits per heavy atom. The monoisotopic (exact) mass is 222 g/mol. The molecule has 2 rings (SSSR count). The Kier molecular flexibility index (Phi) is 3.47. The van der Waals surface area contributed by atoms with Crippen LogP contribution in [0.3, 0.4) is 0 Å². The Morgan fingerprint density at radius 1 is 1.38 bits per heavy atom. The lowest BCUT2D eigenvalue weighted by Crippen LogP contribution is -2.29. The van der Waals surface area contributed by atoms with Gasteiger partial charge in [0, 0.05) is 0 Å². The number of nitrogens with zero attached hydrogens (tertiary/aromatic N) is 1. The highest BCUT2D eigenvalue weighted by Crippen LogP contribution is 2.73. The Balaban J connectivity index is 0.000000386. The molecule has 4 heteroatoms. The van der Waals surface area contributed by atoms with Crippen LogP contribution in [0.5, 0.6) is 0 Å². The number of carbonyl (C=O) groups excluding carboxylic acids is 2. The van der Waals surface area contributed by atoms with Crippen LogP contribution in [0.15, 0.2) is 4.99 Å². The van der Waals surface area contributed by atoms with Gasteiger partial charge >= 0.3 is 0 Å². The summed E-state index contributed by atoms with van der Waals surface area (Å²) in [6.45, 7) is 7.71. The molecule has 16 heavy (non-hydrogen) atoms. The van der Waals surface area contributed by atoms with Gasteiger partial charge in [0.05, 0.1) is 6.54 Å². The Labute approximate surface area is 95.7 Å². The standard InChI is InChI=1S/C11H17NO.CHNO/c1-10(2)9(6-12-7-13)4-8-5-11(8,10)3;2-1-3/h8-9H,4-6H2,1-3H3;2H. The van der Waals surface area contributed by atoms with Crippen LogP contribution in [0.25, 0.3) is 0 Å². The smallest absolute Gasteiger partial charge is 0.222 e. The second-order valence-corrected chi connectivity index (χ2v) is 5.51. The molecule has 3 atom stereocenters. The summed E-state index contributed by atoms with van der Waals surface area (Å²) >= 11 is 0. The van der Waals surface area contributed by atoms with Crippen LogP contribution in [-0.4, -0.2) is 18.7 Å². The Bertz CT molecular complexity index is 352. The molecule has 0 radical (unpaired) electrons. The molecule has 2 aliphatic carbocycles. The van der Waals surface area contributed by atoms with Crippen molar-refractivity contribution >= 4 is 12.2 Å². The van der Waals surface area contributed by atoms with Crippen molar-refractivity contribution in [1.29, 1.82) is 5.41 Å². The minimum absolute atomic E-state index is 0.359. The van der Waals surface area contributed by atoms with E-state index in [1.807, 2.05) is 0 Å². The molecule has 4 nitrogen and oxygen atoms in total. The van der Waals surface area contributed by atoms with E-state index < -0.39 is 0 Å². The third kappa shape index (κ3) is 1.87. The van der Waals surface area contributed by atoms with Gasteiger partial charge in [0.25, 0.3) is 0 Å². The zero-order chi connectivity index (χ0) is 12.4. The number of aliphatic imine (C=N–C) groups is 1. The first-order chi connectivity index (χ1) is 7.44. The van der Waals surface area contributed by atoms with E-state index in [1.54, 1.807) is 6.08 Å². The Hall–Kier alpha value is -1.24. The van der Waals surface area contributed by atoms with Gasteiger partial charge in [0.2, 0.25) is 12.2 Å². The number of rotatable bonds is 2. The lowest BCUT2D eigenvalue weighted by atomic mass is 9.71. The van der Waals surface area contributed by atoms with Crippen molar-refractivity contribution in [2.45, 2.75) is 33.6 Å². The van der Waals surface area contributed by atoms with Gasteiger partial charge in [0.1, 0.15) is 0 Å². The fourth-order valence-electron chi connectivity index (χ4n) is 3.14. The predicted molar refractivity (Wildman–Crippen MR) is 59.5 cm³/mol. The van der Waals surface area contributed by atoms with Gasteiger partial charge in [-0.1, -0.05) is 20.8 Å². The van der Waals surface area contributed by atoms with Crippen molar-refractivity contribution in [3.05, 3.63) is 0 Å². The Morgan fingerprint density at radius 3 is 2.31 bits per heavy atom. The van der Waals surface area contributed by atoms with Crippen molar-refractivity contribution in [2.24, 2.45) is 27.7 Å².